The van der Waals surface area contributed by atoms with Gasteiger partial charge in [-0.15, -0.1) is 11.3 Å². The van der Waals surface area contributed by atoms with Crippen LogP contribution in [0.4, 0.5) is 0 Å². The maximum atomic E-state index is 12.8. The maximum Gasteiger partial charge on any atom is 0.264 e. The van der Waals surface area contributed by atoms with E-state index in [0.717, 1.165) is 18.6 Å². The Morgan fingerprint density at radius 1 is 1.45 bits per heavy atom. The second-order valence-corrected chi connectivity index (χ2v) is 6.63. The monoisotopic (exact) mass is 318 g/mol. The van der Waals surface area contributed by atoms with Crippen LogP contribution in [0, 0.1) is 5.92 Å². The summed E-state index contributed by atoms with van der Waals surface area (Å²) in [6.07, 6.45) is 3.48. The van der Waals surface area contributed by atoms with E-state index in [0.29, 0.717) is 22.9 Å². The van der Waals surface area contributed by atoms with Crippen molar-refractivity contribution in [2.24, 2.45) is 11.7 Å². The molecule has 6 heteroatoms. The van der Waals surface area contributed by atoms with Crippen molar-refractivity contribution in [3.8, 4) is 0 Å². The molecule has 0 saturated carbocycles. The molecule has 0 bridgehead atoms. The standard InChI is InChI=1S/C16H18N2O3S/c1-10-4-5-18(12(7-10)13-3-2-6-21-13)16(20)14-8-11(9-22-14)15(17)19/h2-3,6,8-10,12H,4-5,7H2,1H3,(H2,17,19). The van der Waals surface area contributed by atoms with E-state index in [2.05, 4.69) is 6.92 Å². The van der Waals surface area contributed by atoms with Gasteiger partial charge in [-0.25, -0.2) is 0 Å². The maximum absolute atomic E-state index is 12.8. The molecular weight excluding hydrogens is 300 g/mol. The SMILES string of the molecule is CC1CCN(C(=O)c2cc(C(N)=O)cs2)C(c2ccco2)C1. The third kappa shape index (κ3) is 2.78. The van der Waals surface area contributed by atoms with E-state index in [-0.39, 0.29) is 11.9 Å². The van der Waals surface area contributed by atoms with Crippen LogP contribution in [0.2, 0.25) is 0 Å². The lowest BCUT2D eigenvalue weighted by Crippen LogP contribution is -2.40. The molecule has 1 aliphatic rings. The van der Waals surface area contributed by atoms with Crippen molar-refractivity contribution >= 4 is 23.2 Å². The van der Waals surface area contributed by atoms with Gasteiger partial charge >= 0.3 is 0 Å². The summed E-state index contributed by atoms with van der Waals surface area (Å²) >= 11 is 1.26. The molecule has 2 atom stereocenters. The molecule has 3 rings (SSSR count). The number of piperidine rings is 1. The van der Waals surface area contributed by atoms with Crippen molar-refractivity contribution in [1.29, 1.82) is 0 Å². The summed E-state index contributed by atoms with van der Waals surface area (Å²) in [4.78, 5) is 26.4. The first-order valence-electron chi connectivity index (χ1n) is 7.29. The summed E-state index contributed by atoms with van der Waals surface area (Å²) in [6.45, 7) is 2.88. The molecule has 2 N–H and O–H groups in total. The first-order chi connectivity index (χ1) is 10.6. The van der Waals surface area contributed by atoms with Crippen LogP contribution in [-0.2, 0) is 0 Å². The van der Waals surface area contributed by atoms with E-state index in [4.69, 9.17) is 10.2 Å². The van der Waals surface area contributed by atoms with Gasteiger partial charge in [0.25, 0.3) is 5.91 Å². The molecule has 22 heavy (non-hydrogen) atoms. The van der Waals surface area contributed by atoms with Crippen molar-refractivity contribution in [2.45, 2.75) is 25.8 Å². The predicted octanol–water partition coefficient (Wildman–Crippen LogP) is 3.05. The molecule has 1 fully saturated rings. The van der Waals surface area contributed by atoms with Gasteiger partial charge in [0.15, 0.2) is 0 Å². The number of rotatable bonds is 3. The van der Waals surface area contributed by atoms with Gasteiger partial charge in [0.1, 0.15) is 5.76 Å². The van der Waals surface area contributed by atoms with E-state index in [1.165, 1.54) is 11.3 Å². The zero-order valence-corrected chi connectivity index (χ0v) is 13.1. The van der Waals surface area contributed by atoms with Crippen molar-refractivity contribution < 1.29 is 14.0 Å². The molecule has 2 aromatic heterocycles. The molecule has 1 aliphatic heterocycles. The first-order valence-corrected chi connectivity index (χ1v) is 8.17. The van der Waals surface area contributed by atoms with Crippen molar-refractivity contribution in [3.05, 3.63) is 46.0 Å². The van der Waals surface area contributed by atoms with Crippen LogP contribution in [-0.4, -0.2) is 23.3 Å². The summed E-state index contributed by atoms with van der Waals surface area (Å²) in [5.41, 5.74) is 5.64. The Labute approximate surface area is 132 Å². The second-order valence-electron chi connectivity index (χ2n) is 5.72. The minimum absolute atomic E-state index is 0.0506. The molecule has 0 spiro atoms. The summed E-state index contributed by atoms with van der Waals surface area (Å²) in [7, 11) is 0. The molecule has 3 heterocycles. The lowest BCUT2D eigenvalue weighted by molar-refractivity contribution is 0.0526. The van der Waals surface area contributed by atoms with E-state index >= 15 is 0 Å². The largest absolute Gasteiger partial charge is 0.467 e. The van der Waals surface area contributed by atoms with Gasteiger partial charge in [-0.3, -0.25) is 9.59 Å². The highest BCUT2D eigenvalue weighted by Crippen LogP contribution is 2.35. The topological polar surface area (TPSA) is 76.5 Å². The lowest BCUT2D eigenvalue weighted by atomic mass is 9.91. The van der Waals surface area contributed by atoms with Gasteiger partial charge in [-0.1, -0.05) is 6.92 Å². The van der Waals surface area contributed by atoms with E-state index in [1.54, 1.807) is 17.7 Å². The van der Waals surface area contributed by atoms with Gasteiger partial charge < -0.3 is 15.1 Å². The molecule has 0 radical (unpaired) electrons. The van der Waals surface area contributed by atoms with Crippen LogP contribution in [0.1, 0.15) is 51.6 Å². The van der Waals surface area contributed by atoms with Gasteiger partial charge in [-0.2, -0.15) is 0 Å². The van der Waals surface area contributed by atoms with Crippen molar-refractivity contribution in [2.75, 3.05) is 6.54 Å². The molecule has 2 unspecified atom stereocenters. The average molecular weight is 318 g/mol. The number of likely N-dealkylation sites (tertiary alicyclic amines) is 1. The number of carbonyl (C=O) groups is 2. The molecule has 1 saturated heterocycles. The number of nitrogens with zero attached hydrogens (tertiary/aromatic N) is 1. The Bertz CT molecular complexity index is 677. The van der Waals surface area contributed by atoms with E-state index in [1.807, 2.05) is 17.0 Å². The van der Waals surface area contributed by atoms with Crippen LogP contribution in [0.3, 0.4) is 0 Å². The minimum Gasteiger partial charge on any atom is -0.467 e. The van der Waals surface area contributed by atoms with Crippen molar-refractivity contribution in [3.63, 3.8) is 0 Å². The summed E-state index contributed by atoms with van der Waals surface area (Å²) < 4.78 is 5.52. The molecule has 5 nitrogen and oxygen atoms in total. The van der Waals surface area contributed by atoms with Crippen LogP contribution in [0.25, 0.3) is 0 Å². The highest BCUT2D eigenvalue weighted by atomic mass is 32.1. The van der Waals surface area contributed by atoms with Crippen LogP contribution < -0.4 is 5.73 Å². The Kier molecular flexibility index (Phi) is 4.02. The fraction of sp³-hybridized carbons (Fsp3) is 0.375. The summed E-state index contributed by atoms with van der Waals surface area (Å²) in [5.74, 6) is 0.784. The highest BCUT2D eigenvalue weighted by molar-refractivity contribution is 7.12. The molecule has 2 aromatic rings. The average Bonchev–Trinajstić information content (AvgIpc) is 3.18. The second kappa shape index (κ2) is 5.96. The number of nitrogens with two attached hydrogens (primary N) is 1. The predicted molar refractivity (Wildman–Crippen MR) is 83.7 cm³/mol. The van der Waals surface area contributed by atoms with Gasteiger partial charge in [0.05, 0.1) is 22.7 Å². The number of hydrogen-bond donors (Lipinski definition) is 1. The molecule has 2 amide bonds. The smallest absolute Gasteiger partial charge is 0.264 e. The van der Waals surface area contributed by atoms with Gasteiger partial charge in [0, 0.05) is 11.9 Å². The minimum atomic E-state index is -0.509. The fourth-order valence-corrected chi connectivity index (χ4v) is 3.71. The number of primary amides is 1. The molecule has 0 aliphatic carbocycles. The Hall–Kier alpha value is -2.08. The van der Waals surface area contributed by atoms with Gasteiger partial charge in [0.2, 0.25) is 5.91 Å². The third-order valence-corrected chi connectivity index (χ3v) is 5.01. The number of amides is 2. The summed E-state index contributed by atoms with van der Waals surface area (Å²) in [5, 5.41) is 1.63. The highest BCUT2D eigenvalue weighted by Gasteiger charge is 2.33. The summed E-state index contributed by atoms with van der Waals surface area (Å²) in [6, 6.07) is 5.28. The van der Waals surface area contributed by atoms with Crippen molar-refractivity contribution in [1.82, 2.24) is 4.90 Å². The first kappa shape index (κ1) is 14.8. The van der Waals surface area contributed by atoms with Crippen LogP contribution >= 0.6 is 11.3 Å². The number of carbonyl (C=O) groups excluding carboxylic acids is 2. The Morgan fingerprint density at radius 3 is 2.91 bits per heavy atom. The normalized spacial score (nSPS) is 21.8. The Morgan fingerprint density at radius 2 is 2.27 bits per heavy atom. The molecule has 0 aromatic carbocycles. The Balaban J connectivity index is 1.86. The number of thiophene rings is 1. The van der Waals surface area contributed by atoms with E-state index in [9.17, 15) is 9.59 Å². The fourth-order valence-electron chi connectivity index (χ4n) is 2.85. The van der Waals surface area contributed by atoms with Gasteiger partial charge in [-0.05, 0) is 37.0 Å². The number of hydrogen-bond acceptors (Lipinski definition) is 4. The zero-order chi connectivity index (χ0) is 15.7. The molecule has 116 valence electrons. The van der Waals surface area contributed by atoms with Crippen LogP contribution in [0.5, 0.6) is 0 Å². The van der Waals surface area contributed by atoms with E-state index < -0.39 is 5.91 Å². The number of furan rings is 1. The quantitative estimate of drug-likeness (QED) is 0.945. The lowest BCUT2D eigenvalue weighted by Gasteiger charge is -2.37. The zero-order valence-electron chi connectivity index (χ0n) is 12.3. The molecular formula is C16H18N2O3S. The third-order valence-electron chi connectivity index (χ3n) is 4.09. The van der Waals surface area contributed by atoms with Crippen LogP contribution in [0.15, 0.2) is 34.3 Å².